The second kappa shape index (κ2) is 9.14. The van der Waals surface area contributed by atoms with Gasteiger partial charge in [-0.05, 0) is 35.9 Å². The first-order valence-corrected chi connectivity index (χ1v) is 13.6. The number of hydrogen-bond acceptors (Lipinski definition) is 6. The van der Waals surface area contributed by atoms with Crippen molar-refractivity contribution in [3.05, 3.63) is 96.8 Å². The number of carbonyl (C=O) groups excluding carboxylic acids is 2. The molecule has 0 saturated heterocycles. The Kier molecular flexibility index (Phi) is 6.16. The van der Waals surface area contributed by atoms with Crippen molar-refractivity contribution < 1.29 is 19.4 Å². The fourth-order valence-corrected chi connectivity index (χ4v) is 7.52. The molecule has 4 atom stereocenters. The number of phenolic OH excluding ortho intramolecular Hbond substituents is 1. The average molecular weight is 623 g/mol. The van der Waals surface area contributed by atoms with Crippen LogP contribution in [-0.4, -0.2) is 47.5 Å². The number of phenols is 1. The van der Waals surface area contributed by atoms with Crippen molar-refractivity contribution in [2.45, 2.75) is 34.7 Å². The minimum Gasteiger partial charge on any atom is -0.508 e. The van der Waals surface area contributed by atoms with Gasteiger partial charge in [0.15, 0.2) is 11.6 Å². The number of Topliss-reactive ketones (excluding diaryl/α,β-unsaturated/α-hetero) is 2. The molecule has 2 aromatic carbocycles. The number of alkyl halides is 2. The van der Waals surface area contributed by atoms with Crippen molar-refractivity contribution >= 4 is 58.0 Å². The number of fused-ring (bicyclic) bond motifs is 4. The Morgan fingerprint density at radius 3 is 2.30 bits per heavy atom. The molecule has 1 N–H and O–H groups in total. The molecular weight excluding hydrogens is 604 g/mol. The molecule has 3 aromatic rings. The van der Waals surface area contributed by atoms with Gasteiger partial charge in [0.05, 0.1) is 25.4 Å². The molecule has 0 bridgehead atoms. The van der Waals surface area contributed by atoms with E-state index in [1.807, 2.05) is 0 Å². The monoisotopic (exact) mass is 621 g/mol. The number of nitrogens with zero attached hydrogens (tertiary/aromatic N) is 3. The number of aromatic nitrogens is 3. The Labute approximate surface area is 246 Å². The highest BCUT2D eigenvalue weighted by atomic mass is 35.5. The summed E-state index contributed by atoms with van der Waals surface area (Å²) in [6.07, 6.45) is 1.28. The summed E-state index contributed by atoms with van der Waals surface area (Å²) in [5.41, 5.74) is -0.432. The number of ether oxygens (including phenoxy) is 1. The number of ketones is 2. The molecular formula is C27H19Cl4N3O6. The third-order valence-corrected chi connectivity index (χ3v) is 10.1. The molecule has 1 saturated carbocycles. The van der Waals surface area contributed by atoms with Crippen molar-refractivity contribution in [2.75, 3.05) is 7.11 Å². The van der Waals surface area contributed by atoms with E-state index in [0.29, 0.717) is 17.0 Å². The highest BCUT2D eigenvalue weighted by Crippen LogP contribution is 2.64. The zero-order valence-electron chi connectivity index (χ0n) is 20.6. The summed E-state index contributed by atoms with van der Waals surface area (Å²) >= 11 is 26.7. The van der Waals surface area contributed by atoms with Crippen LogP contribution < -0.4 is 16.1 Å². The first kappa shape index (κ1) is 27.0. The van der Waals surface area contributed by atoms with Crippen LogP contribution in [0.5, 0.6) is 11.5 Å². The summed E-state index contributed by atoms with van der Waals surface area (Å²) in [4.78, 5) is 50.3. The summed E-state index contributed by atoms with van der Waals surface area (Å²) in [7, 11) is 1.42. The van der Waals surface area contributed by atoms with E-state index >= 15 is 0 Å². The predicted molar refractivity (Wildman–Crippen MR) is 149 cm³/mol. The number of hydrogen-bond donors (Lipinski definition) is 1. The lowest BCUT2D eigenvalue weighted by atomic mass is 9.59. The number of rotatable bonds is 3. The Morgan fingerprint density at radius 1 is 0.950 bits per heavy atom. The van der Waals surface area contributed by atoms with Crippen LogP contribution in [-0.2, 0) is 16.1 Å². The molecule has 1 fully saturated rings. The maximum atomic E-state index is 13.8. The fraction of sp³-hybridized carbons (Fsp3) is 0.259. The van der Waals surface area contributed by atoms with Crippen LogP contribution in [0.25, 0.3) is 5.69 Å². The second-order valence-electron chi connectivity index (χ2n) is 9.74. The van der Waals surface area contributed by atoms with Gasteiger partial charge in [0.1, 0.15) is 31.3 Å². The van der Waals surface area contributed by atoms with Gasteiger partial charge in [-0.15, -0.1) is 23.2 Å². The van der Waals surface area contributed by atoms with E-state index in [1.54, 1.807) is 36.4 Å². The Balaban J connectivity index is 1.66. The number of para-hydroxylation sites is 1. The maximum absolute atomic E-state index is 13.8. The van der Waals surface area contributed by atoms with Gasteiger partial charge >= 0.3 is 11.4 Å². The number of benzene rings is 2. The SMILES string of the molecule is COc1ccc(O)c(C2C3=CCn4c(=O)n(-c5ccccc5)c(=O)n4C3CC3(Cl)C(=O)C(Cl)=C(Cl)C(=O)C23Cl)c1. The summed E-state index contributed by atoms with van der Waals surface area (Å²) < 4.78 is 8.79. The van der Waals surface area contributed by atoms with E-state index < -0.39 is 54.7 Å². The van der Waals surface area contributed by atoms with Gasteiger partial charge in [-0.2, -0.15) is 0 Å². The van der Waals surface area contributed by atoms with E-state index in [0.717, 1.165) is 4.57 Å². The minimum atomic E-state index is -2.25. The summed E-state index contributed by atoms with van der Waals surface area (Å²) in [5, 5.41) is 9.84. The Morgan fingerprint density at radius 2 is 1.62 bits per heavy atom. The normalized spacial score (nSPS) is 27.6. The Bertz CT molecular complexity index is 1810. The van der Waals surface area contributed by atoms with Crippen molar-refractivity contribution in [1.29, 1.82) is 0 Å². The number of halogens is 4. The summed E-state index contributed by atoms with van der Waals surface area (Å²) in [6.45, 7) is -0.0598. The van der Waals surface area contributed by atoms with Crippen LogP contribution in [0.1, 0.15) is 23.9 Å². The van der Waals surface area contributed by atoms with Crippen LogP contribution in [0.3, 0.4) is 0 Å². The molecule has 0 radical (unpaired) electrons. The largest absolute Gasteiger partial charge is 0.508 e. The molecule has 2 aliphatic carbocycles. The predicted octanol–water partition coefficient (Wildman–Crippen LogP) is 3.98. The third-order valence-electron chi connectivity index (χ3n) is 7.86. The molecule has 0 amide bonds. The Hall–Kier alpha value is -3.24. The topological polar surface area (TPSA) is 113 Å². The number of allylic oxidation sites excluding steroid dienone is 4. The molecule has 1 aromatic heterocycles. The van der Waals surface area contributed by atoms with Gasteiger partial charge in [-0.1, -0.05) is 47.5 Å². The second-order valence-corrected chi connectivity index (χ2v) is 11.7. The van der Waals surface area contributed by atoms with Crippen molar-refractivity contribution in [3.63, 3.8) is 0 Å². The number of methoxy groups -OCH3 is 1. The van der Waals surface area contributed by atoms with E-state index in [2.05, 4.69) is 0 Å². The number of carbonyl (C=O) groups is 2. The summed E-state index contributed by atoms with van der Waals surface area (Å²) in [6, 6.07) is 11.7. The van der Waals surface area contributed by atoms with Gasteiger partial charge in [-0.3, -0.25) is 9.59 Å². The molecule has 2 heterocycles. The lowest BCUT2D eigenvalue weighted by Gasteiger charge is -2.54. The first-order valence-electron chi connectivity index (χ1n) is 12.1. The fourth-order valence-electron chi connectivity index (χ4n) is 6.00. The van der Waals surface area contributed by atoms with Crippen LogP contribution >= 0.6 is 46.4 Å². The van der Waals surface area contributed by atoms with E-state index in [1.165, 1.54) is 34.7 Å². The summed E-state index contributed by atoms with van der Waals surface area (Å²) in [5.74, 6) is -3.02. The lowest BCUT2D eigenvalue weighted by molar-refractivity contribution is -0.128. The molecule has 13 heteroatoms. The smallest absolute Gasteiger partial charge is 0.352 e. The third kappa shape index (κ3) is 3.35. The highest BCUT2D eigenvalue weighted by molar-refractivity contribution is 6.66. The van der Waals surface area contributed by atoms with Gasteiger partial charge in [0, 0.05) is 17.9 Å². The molecule has 40 heavy (non-hydrogen) atoms. The van der Waals surface area contributed by atoms with E-state index in [-0.39, 0.29) is 24.3 Å². The molecule has 9 nitrogen and oxygen atoms in total. The first-order chi connectivity index (χ1) is 19.0. The van der Waals surface area contributed by atoms with Crippen molar-refractivity contribution in [2.24, 2.45) is 0 Å². The lowest BCUT2D eigenvalue weighted by Crippen LogP contribution is -2.67. The van der Waals surface area contributed by atoms with Crippen LogP contribution in [0, 0.1) is 0 Å². The standard InChI is InChI=1S/C27H19Cl4N3O6/c1-40-14-7-8-18(35)16(11-14)19-15-9-10-32-24(38)33(13-5-3-2-4-6-13)25(39)34(32)17(15)12-26(30)22(36)20(28)21(29)23(37)27(19,26)31/h2-9,11,17,19,35H,10,12H2,1H3. The van der Waals surface area contributed by atoms with Gasteiger partial charge < -0.3 is 9.84 Å². The minimum absolute atomic E-state index is 0.0598. The number of aromatic hydroxyl groups is 1. The zero-order valence-corrected chi connectivity index (χ0v) is 23.6. The van der Waals surface area contributed by atoms with Crippen molar-refractivity contribution in [1.82, 2.24) is 13.9 Å². The van der Waals surface area contributed by atoms with Gasteiger partial charge in [0.2, 0.25) is 0 Å². The van der Waals surface area contributed by atoms with E-state index in [4.69, 9.17) is 51.1 Å². The molecule has 4 unspecified atom stereocenters. The maximum Gasteiger partial charge on any atom is 0.352 e. The molecule has 3 aliphatic rings. The molecule has 6 rings (SSSR count). The highest BCUT2D eigenvalue weighted by Gasteiger charge is 2.71. The van der Waals surface area contributed by atoms with Gasteiger partial charge in [-0.25, -0.2) is 23.5 Å². The zero-order chi connectivity index (χ0) is 28.7. The molecule has 0 spiro atoms. The molecule has 206 valence electrons. The molecule has 1 aliphatic heterocycles. The van der Waals surface area contributed by atoms with Crippen LogP contribution in [0.15, 0.2) is 79.8 Å². The quantitative estimate of drug-likeness (QED) is 0.349. The van der Waals surface area contributed by atoms with E-state index in [9.17, 15) is 24.3 Å². The van der Waals surface area contributed by atoms with Crippen LogP contribution in [0.2, 0.25) is 0 Å². The van der Waals surface area contributed by atoms with Crippen LogP contribution in [0.4, 0.5) is 0 Å². The van der Waals surface area contributed by atoms with Gasteiger partial charge in [0.25, 0.3) is 0 Å². The van der Waals surface area contributed by atoms with Crippen molar-refractivity contribution in [3.8, 4) is 17.2 Å². The average Bonchev–Trinajstić information content (AvgIpc) is 3.22.